The van der Waals surface area contributed by atoms with Gasteiger partial charge in [-0.25, -0.2) is 0 Å². The first-order valence-electron chi connectivity index (χ1n) is 7.45. The Kier molecular flexibility index (Phi) is 5.13. The number of amides is 1. The fourth-order valence-electron chi connectivity index (χ4n) is 2.59. The van der Waals surface area contributed by atoms with Gasteiger partial charge < -0.3 is 5.32 Å². The molecule has 0 bridgehead atoms. The summed E-state index contributed by atoms with van der Waals surface area (Å²) in [7, 11) is 0. The van der Waals surface area contributed by atoms with E-state index in [0.717, 1.165) is 24.6 Å². The van der Waals surface area contributed by atoms with E-state index in [2.05, 4.69) is 44.7 Å². The Hall–Kier alpha value is -1.79. The molecule has 5 nitrogen and oxygen atoms in total. The standard InChI is InChI=1S/C16H20N4OS/c21-16(14-8-18-19-9-14)17-10-15-12-22-7-6-20(15)11-13-4-2-1-3-5-13/h1-5,8-9,15H,6-7,10-12H2,(H,17,21)(H,18,19). The molecule has 1 aromatic carbocycles. The fraction of sp³-hybridized carbons (Fsp3) is 0.375. The first-order valence-corrected chi connectivity index (χ1v) is 8.61. The molecule has 1 atom stereocenters. The van der Waals surface area contributed by atoms with Crippen LogP contribution in [0, 0.1) is 0 Å². The third kappa shape index (κ3) is 3.90. The highest BCUT2D eigenvalue weighted by Gasteiger charge is 2.23. The van der Waals surface area contributed by atoms with Gasteiger partial charge in [0, 0.05) is 43.4 Å². The number of aromatic nitrogens is 2. The van der Waals surface area contributed by atoms with Crippen LogP contribution >= 0.6 is 11.8 Å². The van der Waals surface area contributed by atoms with E-state index < -0.39 is 0 Å². The lowest BCUT2D eigenvalue weighted by molar-refractivity contribution is 0.0935. The predicted molar refractivity (Wildman–Crippen MR) is 88.9 cm³/mol. The van der Waals surface area contributed by atoms with E-state index in [1.54, 1.807) is 12.4 Å². The number of nitrogens with one attached hydrogen (secondary N) is 2. The lowest BCUT2D eigenvalue weighted by atomic mass is 10.1. The van der Waals surface area contributed by atoms with Crippen LogP contribution in [-0.2, 0) is 6.54 Å². The largest absolute Gasteiger partial charge is 0.350 e. The van der Waals surface area contributed by atoms with Crippen LogP contribution in [0.3, 0.4) is 0 Å². The Bertz CT molecular complexity index is 587. The van der Waals surface area contributed by atoms with Crippen LogP contribution in [0.2, 0.25) is 0 Å². The average Bonchev–Trinajstić information content (AvgIpc) is 3.09. The monoisotopic (exact) mass is 316 g/mol. The van der Waals surface area contributed by atoms with Crippen molar-refractivity contribution in [2.75, 3.05) is 24.6 Å². The molecule has 3 rings (SSSR count). The summed E-state index contributed by atoms with van der Waals surface area (Å²) in [5, 5.41) is 9.49. The van der Waals surface area contributed by atoms with Crippen molar-refractivity contribution in [3.05, 3.63) is 53.9 Å². The number of carbonyl (C=O) groups is 1. The van der Waals surface area contributed by atoms with Crippen LogP contribution in [0.5, 0.6) is 0 Å². The maximum Gasteiger partial charge on any atom is 0.254 e. The second kappa shape index (κ2) is 7.47. The summed E-state index contributed by atoms with van der Waals surface area (Å²) in [6.07, 6.45) is 3.17. The summed E-state index contributed by atoms with van der Waals surface area (Å²) in [5.41, 5.74) is 1.90. The molecule has 1 aromatic heterocycles. The molecule has 1 saturated heterocycles. The molecule has 6 heteroatoms. The number of thioether (sulfide) groups is 1. The second-order valence-electron chi connectivity index (χ2n) is 5.38. The highest BCUT2D eigenvalue weighted by Crippen LogP contribution is 2.18. The van der Waals surface area contributed by atoms with E-state index in [0.29, 0.717) is 18.2 Å². The maximum absolute atomic E-state index is 12.0. The highest BCUT2D eigenvalue weighted by molar-refractivity contribution is 7.99. The summed E-state index contributed by atoms with van der Waals surface area (Å²) in [4.78, 5) is 14.5. The SMILES string of the molecule is O=C(NCC1CSCCN1Cc1ccccc1)c1cn[nH]c1. The van der Waals surface area contributed by atoms with E-state index in [1.807, 2.05) is 17.8 Å². The van der Waals surface area contributed by atoms with Gasteiger partial charge in [-0.15, -0.1) is 0 Å². The average molecular weight is 316 g/mol. The molecule has 0 spiro atoms. The summed E-state index contributed by atoms with van der Waals surface area (Å²) in [5.74, 6) is 2.14. The van der Waals surface area contributed by atoms with E-state index in [1.165, 1.54) is 5.56 Å². The highest BCUT2D eigenvalue weighted by atomic mass is 32.2. The van der Waals surface area contributed by atoms with E-state index in [-0.39, 0.29) is 5.91 Å². The van der Waals surface area contributed by atoms with E-state index in [9.17, 15) is 4.79 Å². The summed E-state index contributed by atoms with van der Waals surface area (Å²) in [6.45, 7) is 2.67. The molecule has 2 N–H and O–H groups in total. The molecule has 0 saturated carbocycles. The number of hydrogen-bond donors (Lipinski definition) is 2. The van der Waals surface area contributed by atoms with Gasteiger partial charge in [0.05, 0.1) is 11.8 Å². The van der Waals surface area contributed by atoms with Crippen molar-refractivity contribution in [1.82, 2.24) is 20.4 Å². The summed E-state index contributed by atoms with van der Waals surface area (Å²) < 4.78 is 0. The molecule has 22 heavy (non-hydrogen) atoms. The van der Waals surface area contributed by atoms with Crippen molar-refractivity contribution >= 4 is 17.7 Å². The zero-order chi connectivity index (χ0) is 15.2. The molecule has 2 heterocycles. The lowest BCUT2D eigenvalue weighted by Gasteiger charge is -2.35. The van der Waals surface area contributed by atoms with Crippen LogP contribution in [0.25, 0.3) is 0 Å². The van der Waals surface area contributed by atoms with Gasteiger partial charge in [-0.05, 0) is 5.56 Å². The first kappa shape index (κ1) is 15.1. The van der Waals surface area contributed by atoms with Gasteiger partial charge in [0.1, 0.15) is 0 Å². The molecule has 1 aliphatic rings. The Balaban J connectivity index is 1.57. The molecule has 1 unspecified atom stereocenters. The van der Waals surface area contributed by atoms with Crippen LogP contribution in [0.15, 0.2) is 42.7 Å². The van der Waals surface area contributed by atoms with E-state index in [4.69, 9.17) is 0 Å². The van der Waals surface area contributed by atoms with Crippen molar-refractivity contribution in [1.29, 1.82) is 0 Å². The minimum atomic E-state index is -0.0658. The molecular weight excluding hydrogens is 296 g/mol. The number of carbonyl (C=O) groups excluding carboxylic acids is 1. The van der Waals surface area contributed by atoms with Crippen molar-refractivity contribution in [2.24, 2.45) is 0 Å². The fourth-order valence-corrected chi connectivity index (χ4v) is 3.72. The number of hydrogen-bond acceptors (Lipinski definition) is 4. The van der Waals surface area contributed by atoms with Crippen LogP contribution in [0.1, 0.15) is 15.9 Å². The van der Waals surface area contributed by atoms with Crippen molar-refractivity contribution < 1.29 is 4.79 Å². The molecule has 1 amide bonds. The van der Waals surface area contributed by atoms with Gasteiger partial charge in [0.15, 0.2) is 0 Å². The molecule has 1 aliphatic heterocycles. The smallest absolute Gasteiger partial charge is 0.254 e. The van der Waals surface area contributed by atoms with Gasteiger partial charge in [0.25, 0.3) is 5.91 Å². The third-order valence-electron chi connectivity index (χ3n) is 3.84. The Morgan fingerprint density at radius 1 is 1.41 bits per heavy atom. The summed E-state index contributed by atoms with van der Waals surface area (Å²) >= 11 is 1.95. The topological polar surface area (TPSA) is 61.0 Å². The van der Waals surface area contributed by atoms with Gasteiger partial charge in [-0.3, -0.25) is 14.8 Å². The molecular formula is C16H20N4OS. The van der Waals surface area contributed by atoms with Crippen LogP contribution < -0.4 is 5.32 Å². The molecule has 0 radical (unpaired) electrons. The molecule has 0 aliphatic carbocycles. The van der Waals surface area contributed by atoms with Crippen molar-refractivity contribution in [3.8, 4) is 0 Å². The first-order chi connectivity index (χ1) is 10.8. The summed E-state index contributed by atoms with van der Waals surface area (Å²) in [6, 6.07) is 10.9. The minimum Gasteiger partial charge on any atom is -0.350 e. The van der Waals surface area contributed by atoms with Gasteiger partial charge >= 0.3 is 0 Å². The van der Waals surface area contributed by atoms with Gasteiger partial charge in [-0.1, -0.05) is 30.3 Å². The molecule has 1 fully saturated rings. The lowest BCUT2D eigenvalue weighted by Crippen LogP contribution is -2.48. The minimum absolute atomic E-state index is 0.0658. The van der Waals surface area contributed by atoms with Crippen molar-refractivity contribution in [2.45, 2.75) is 12.6 Å². The second-order valence-corrected chi connectivity index (χ2v) is 6.53. The number of nitrogens with zero attached hydrogens (tertiary/aromatic N) is 2. The maximum atomic E-state index is 12.0. The number of aromatic amines is 1. The predicted octanol–water partition coefficient (Wildman–Crippen LogP) is 1.76. The zero-order valence-corrected chi connectivity index (χ0v) is 13.2. The Morgan fingerprint density at radius 3 is 3.05 bits per heavy atom. The van der Waals surface area contributed by atoms with Gasteiger partial charge in [0.2, 0.25) is 0 Å². The van der Waals surface area contributed by atoms with Crippen molar-refractivity contribution in [3.63, 3.8) is 0 Å². The van der Waals surface area contributed by atoms with E-state index >= 15 is 0 Å². The number of rotatable bonds is 5. The zero-order valence-electron chi connectivity index (χ0n) is 12.4. The number of benzene rings is 1. The Morgan fingerprint density at radius 2 is 2.27 bits per heavy atom. The third-order valence-corrected chi connectivity index (χ3v) is 4.93. The molecule has 2 aromatic rings. The van der Waals surface area contributed by atoms with Crippen LogP contribution in [-0.4, -0.2) is 51.6 Å². The van der Waals surface area contributed by atoms with Gasteiger partial charge in [-0.2, -0.15) is 16.9 Å². The normalized spacial score (nSPS) is 19.0. The molecule has 116 valence electrons. The number of H-pyrrole nitrogens is 1. The quantitative estimate of drug-likeness (QED) is 0.882. The Labute approximate surface area is 134 Å². The van der Waals surface area contributed by atoms with Crippen LogP contribution in [0.4, 0.5) is 0 Å².